The third-order valence-electron chi connectivity index (χ3n) is 5.05. The van der Waals surface area contributed by atoms with Crippen molar-refractivity contribution >= 4 is 0 Å². The summed E-state index contributed by atoms with van der Waals surface area (Å²) in [5, 5.41) is 3.86. The minimum Gasteiger partial charge on any atom is -0.309 e. The molecule has 1 aliphatic carbocycles. The van der Waals surface area contributed by atoms with Crippen molar-refractivity contribution in [2.45, 2.75) is 51.1 Å². The first-order valence-corrected chi connectivity index (χ1v) is 8.27. The fourth-order valence-electron chi connectivity index (χ4n) is 3.93. The van der Waals surface area contributed by atoms with E-state index in [-0.39, 0.29) is 0 Å². The highest BCUT2D eigenvalue weighted by molar-refractivity contribution is 5.18. The molecule has 0 aromatic heterocycles. The molecule has 2 atom stereocenters. The fourth-order valence-corrected chi connectivity index (χ4v) is 3.93. The Labute approximate surface area is 118 Å². The lowest BCUT2D eigenvalue weighted by atomic mass is 9.87. The summed E-state index contributed by atoms with van der Waals surface area (Å²) in [4.78, 5) is 5.40. The molecule has 3 aliphatic heterocycles. The summed E-state index contributed by atoms with van der Waals surface area (Å²) < 4.78 is 0. The predicted molar refractivity (Wildman–Crippen MR) is 80.4 cm³/mol. The van der Waals surface area contributed by atoms with Crippen LogP contribution in [0.4, 0.5) is 0 Å². The van der Waals surface area contributed by atoms with Gasteiger partial charge in [0.2, 0.25) is 0 Å². The van der Waals surface area contributed by atoms with E-state index in [1.54, 1.807) is 5.57 Å². The minimum absolute atomic E-state index is 0.614. The molecule has 4 aliphatic rings. The summed E-state index contributed by atoms with van der Waals surface area (Å²) in [6, 6.07) is 1.33. The van der Waals surface area contributed by atoms with Gasteiger partial charge in [-0.25, -0.2) is 0 Å². The number of nitrogens with zero attached hydrogens (tertiary/aromatic N) is 2. The van der Waals surface area contributed by atoms with Crippen molar-refractivity contribution in [3.63, 3.8) is 0 Å². The summed E-state index contributed by atoms with van der Waals surface area (Å²) in [5.74, 6) is 0. The van der Waals surface area contributed by atoms with Crippen LogP contribution in [-0.4, -0.2) is 61.2 Å². The van der Waals surface area contributed by atoms with E-state index in [1.807, 2.05) is 0 Å². The van der Waals surface area contributed by atoms with Crippen LogP contribution in [0.15, 0.2) is 11.6 Å². The van der Waals surface area contributed by atoms with Crippen molar-refractivity contribution in [1.82, 2.24) is 15.1 Å². The maximum absolute atomic E-state index is 3.86. The second kappa shape index (κ2) is 6.38. The number of fused-ring (bicyclic) bond motifs is 3. The first-order chi connectivity index (χ1) is 9.38. The average Bonchev–Trinajstić information content (AvgIpc) is 2.50. The Kier molecular flexibility index (Phi) is 4.57. The Hall–Kier alpha value is -0.380. The molecule has 19 heavy (non-hydrogen) atoms. The minimum atomic E-state index is 0.614. The fraction of sp³-hybridized carbons (Fsp3) is 0.875. The lowest BCUT2D eigenvalue weighted by Crippen LogP contribution is -2.66. The summed E-state index contributed by atoms with van der Waals surface area (Å²) in [6.07, 6.45) is 9.19. The molecule has 3 heteroatoms. The van der Waals surface area contributed by atoms with Crippen molar-refractivity contribution in [2.24, 2.45) is 0 Å². The maximum Gasteiger partial charge on any atom is 0.0449 e. The zero-order chi connectivity index (χ0) is 13.1. The Bertz CT molecular complexity index is 318. The van der Waals surface area contributed by atoms with E-state index in [2.05, 4.69) is 28.1 Å². The maximum atomic E-state index is 3.86. The molecule has 0 amide bonds. The monoisotopic (exact) mass is 263 g/mol. The van der Waals surface area contributed by atoms with Gasteiger partial charge in [0.05, 0.1) is 0 Å². The van der Waals surface area contributed by atoms with Gasteiger partial charge in [0.1, 0.15) is 0 Å². The molecule has 0 spiro atoms. The molecular weight excluding hydrogens is 234 g/mol. The van der Waals surface area contributed by atoms with Crippen LogP contribution in [0.2, 0.25) is 0 Å². The van der Waals surface area contributed by atoms with Crippen molar-refractivity contribution in [2.75, 3.05) is 39.3 Å². The zero-order valence-corrected chi connectivity index (χ0v) is 12.4. The van der Waals surface area contributed by atoms with Crippen LogP contribution in [0.3, 0.4) is 0 Å². The van der Waals surface area contributed by atoms with Crippen LogP contribution < -0.4 is 5.32 Å². The second-order valence-electron chi connectivity index (χ2n) is 6.36. The van der Waals surface area contributed by atoms with E-state index in [0.717, 1.165) is 12.6 Å². The molecule has 108 valence electrons. The third-order valence-corrected chi connectivity index (χ3v) is 5.05. The summed E-state index contributed by atoms with van der Waals surface area (Å²) >= 11 is 0. The van der Waals surface area contributed by atoms with Gasteiger partial charge in [-0.2, -0.15) is 0 Å². The molecular formula is C16H29N3. The molecule has 0 aromatic rings. The van der Waals surface area contributed by atoms with Gasteiger partial charge in [-0.15, -0.1) is 0 Å². The van der Waals surface area contributed by atoms with Gasteiger partial charge in [0.15, 0.2) is 0 Å². The highest BCUT2D eigenvalue weighted by Gasteiger charge is 2.37. The smallest absolute Gasteiger partial charge is 0.0449 e. The number of rotatable bonds is 5. The Morgan fingerprint density at radius 2 is 2.11 bits per heavy atom. The van der Waals surface area contributed by atoms with Crippen LogP contribution in [0, 0.1) is 0 Å². The lowest BCUT2D eigenvalue weighted by Gasteiger charge is -2.51. The molecule has 0 aromatic carbocycles. The van der Waals surface area contributed by atoms with Crippen molar-refractivity contribution in [1.29, 1.82) is 0 Å². The van der Waals surface area contributed by atoms with Gasteiger partial charge < -0.3 is 5.32 Å². The summed E-state index contributed by atoms with van der Waals surface area (Å²) in [7, 11) is 0. The van der Waals surface area contributed by atoms with Crippen molar-refractivity contribution < 1.29 is 0 Å². The molecule has 2 bridgehead atoms. The van der Waals surface area contributed by atoms with Crippen LogP contribution in [0.25, 0.3) is 0 Å². The van der Waals surface area contributed by atoms with Crippen LogP contribution >= 0.6 is 0 Å². The molecule has 3 saturated heterocycles. The van der Waals surface area contributed by atoms with Gasteiger partial charge in [-0.1, -0.05) is 18.6 Å². The van der Waals surface area contributed by atoms with Crippen LogP contribution in [-0.2, 0) is 0 Å². The molecule has 3 nitrogen and oxygen atoms in total. The molecule has 1 N–H and O–H groups in total. The van der Waals surface area contributed by atoms with E-state index in [1.165, 1.54) is 64.8 Å². The number of hydrogen-bond donors (Lipinski definition) is 1. The number of nitrogens with one attached hydrogen (secondary N) is 1. The van der Waals surface area contributed by atoms with Gasteiger partial charge in [0.25, 0.3) is 0 Å². The van der Waals surface area contributed by atoms with E-state index in [0.29, 0.717) is 6.04 Å². The SMILES string of the molecule is CCCNC(C1=CCCCC1)C1CN2CCN1CC2. The van der Waals surface area contributed by atoms with E-state index >= 15 is 0 Å². The standard InChI is InChI=1S/C16H29N3/c1-2-8-17-16(14-6-4-3-5-7-14)15-13-18-9-11-19(15)12-10-18/h6,15-17H,2-5,7-13H2,1H3. The summed E-state index contributed by atoms with van der Waals surface area (Å²) in [6.45, 7) is 9.85. The first kappa shape index (κ1) is 13.6. The first-order valence-electron chi connectivity index (χ1n) is 8.27. The molecule has 0 saturated carbocycles. The Balaban J connectivity index is 1.72. The molecule has 4 rings (SSSR count). The van der Waals surface area contributed by atoms with Crippen LogP contribution in [0.5, 0.6) is 0 Å². The number of allylic oxidation sites excluding steroid dienone is 1. The van der Waals surface area contributed by atoms with Crippen molar-refractivity contribution in [3.8, 4) is 0 Å². The van der Waals surface area contributed by atoms with Gasteiger partial charge >= 0.3 is 0 Å². The molecule has 3 heterocycles. The van der Waals surface area contributed by atoms with Crippen LogP contribution in [0.1, 0.15) is 39.0 Å². The summed E-state index contributed by atoms with van der Waals surface area (Å²) in [5.41, 5.74) is 1.71. The predicted octanol–water partition coefficient (Wildman–Crippen LogP) is 1.85. The Morgan fingerprint density at radius 1 is 1.26 bits per heavy atom. The third kappa shape index (κ3) is 3.04. The number of piperazine rings is 3. The average molecular weight is 263 g/mol. The topological polar surface area (TPSA) is 18.5 Å². The molecule has 2 unspecified atom stereocenters. The highest BCUT2D eigenvalue weighted by Crippen LogP contribution is 2.27. The van der Waals surface area contributed by atoms with Gasteiger partial charge in [-0.05, 0) is 38.6 Å². The van der Waals surface area contributed by atoms with Gasteiger partial charge in [0, 0.05) is 44.8 Å². The van der Waals surface area contributed by atoms with E-state index in [4.69, 9.17) is 0 Å². The zero-order valence-electron chi connectivity index (χ0n) is 12.4. The molecule has 3 fully saturated rings. The normalized spacial score (nSPS) is 36.1. The van der Waals surface area contributed by atoms with E-state index < -0.39 is 0 Å². The quantitative estimate of drug-likeness (QED) is 0.764. The highest BCUT2D eigenvalue weighted by atomic mass is 15.4. The lowest BCUT2D eigenvalue weighted by molar-refractivity contribution is 0.00155. The van der Waals surface area contributed by atoms with Crippen molar-refractivity contribution in [3.05, 3.63) is 11.6 Å². The van der Waals surface area contributed by atoms with E-state index in [9.17, 15) is 0 Å². The van der Waals surface area contributed by atoms with Gasteiger partial charge in [-0.3, -0.25) is 9.80 Å². The molecule has 0 radical (unpaired) electrons. The largest absolute Gasteiger partial charge is 0.309 e. The Morgan fingerprint density at radius 3 is 2.68 bits per heavy atom. The number of hydrogen-bond acceptors (Lipinski definition) is 3. The second-order valence-corrected chi connectivity index (χ2v) is 6.36.